The van der Waals surface area contributed by atoms with Gasteiger partial charge < -0.3 is 19.8 Å². The number of piperidine rings is 1. The number of nitrogens with zero attached hydrogens (tertiary/aromatic N) is 3. The van der Waals surface area contributed by atoms with Gasteiger partial charge in [0.25, 0.3) is 0 Å². The molecule has 130 valence electrons. The second-order valence-electron chi connectivity index (χ2n) is 7.44. The molecule has 0 radical (unpaired) electrons. The molecule has 2 unspecified atom stereocenters. The Bertz CT molecular complexity index is 528. The van der Waals surface area contributed by atoms with Gasteiger partial charge in [0.05, 0.1) is 6.10 Å². The van der Waals surface area contributed by atoms with Gasteiger partial charge in [-0.3, -0.25) is 0 Å². The van der Waals surface area contributed by atoms with Crippen LogP contribution in [0.4, 0.5) is 4.79 Å². The van der Waals surface area contributed by atoms with Crippen molar-refractivity contribution in [2.75, 3.05) is 13.1 Å². The van der Waals surface area contributed by atoms with Crippen molar-refractivity contribution in [3.05, 3.63) is 11.7 Å². The Kier molecular flexibility index (Phi) is 5.29. The molecule has 0 aliphatic carbocycles. The predicted molar refractivity (Wildman–Crippen MR) is 85.9 cm³/mol. The van der Waals surface area contributed by atoms with E-state index >= 15 is 0 Å². The Balaban J connectivity index is 1.89. The third-order valence-electron chi connectivity index (χ3n) is 4.33. The summed E-state index contributed by atoms with van der Waals surface area (Å²) in [5.41, 5.74) is -0.186. The number of aliphatic hydroxyl groups excluding tert-OH is 1. The summed E-state index contributed by atoms with van der Waals surface area (Å²) in [6, 6.07) is -0.461. The maximum absolute atomic E-state index is 12.3. The minimum Gasteiger partial charge on any atom is -0.393 e. The van der Waals surface area contributed by atoms with Gasteiger partial charge in [0.15, 0.2) is 5.82 Å². The minimum absolute atomic E-state index is 0.128. The van der Waals surface area contributed by atoms with E-state index < -0.39 is 0 Å². The first-order valence-corrected chi connectivity index (χ1v) is 8.26. The molecule has 1 aromatic rings. The van der Waals surface area contributed by atoms with E-state index in [0.29, 0.717) is 24.8 Å². The zero-order chi connectivity index (χ0) is 17.2. The molecule has 7 nitrogen and oxygen atoms in total. The number of hydrogen-bond acceptors (Lipinski definition) is 5. The van der Waals surface area contributed by atoms with Gasteiger partial charge in [-0.25, -0.2) is 4.79 Å². The number of hydrogen-bond donors (Lipinski definition) is 2. The average Bonchev–Trinajstić information content (AvgIpc) is 2.97. The molecule has 1 aromatic heterocycles. The highest BCUT2D eigenvalue weighted by Crippen LogP contribution is 2.22. The lowest BCUT2D eigenvalue weighted by molar-refractivity contribution is 0.0792. The van der Waals surface area contributed by atoms with Gasteiger partial charge in [0, 0.05) is 18.5 Å². The highest BCUT2D eigenvalue weighted by atomic mass is 16.5. The zero-order valence-corrected chi connectivity index (χ0v) is 14.7. The number of rotatable bonds is 3. The average molecular weight is 324 g/mol. The summed E-state index contributed by atoms with van der Waals surface area (Å²) in [5, 5.41) is 16.5. The SMILES string of the molecule is CC(NC(=O)N1CCC(C(C)O)CC1)c1nc(C(C)(C)C)no1. The van der Waals surface area contributed by atoms with Crippen molar-refractivity contribution in [2.45, 2.75) is 65.0 Å². The largest absolute Gasteiger partial charge is 0.393 e. The van der Waals surface area contributed by atoms with Gasteiger partial charge in [-0.1, -0.05) is 25.9 Å². The Labute approximate surface area is 137 Å². The number of likely N-dealkylation sites (tertiary alicyclic amines) is 1. The quantitative estimate of drug-likeness (QED) is 0.889. The van der Waals surface area contributed by atoms with Crippen LogP contribution in [0.1, 0.15) is 65.2 Å². The maximum atomic E-state index is 12.3. The number of carbonyl (C=O) groups excluding carboxylic acids is 1. The van der Waals surface area contributed by atoms with Crippen LogP contribution in [0, 0.1) is 5.92 Å². The first-order chi connectivity index (χ1) is 10.7. The summed E-state index contributed by atoms with van der Waals surface area (Å²) in [6.07, 6.45) is 1.34. The smallest absolute Gasteiger partial charge is 0.318 e. The summed E-state index contributed by atoms with van der Waals surface area (Å²) in [5.74, 6) is 1.33. The van der Waals surface area contributed by atoms with E-state index in [1.807, 2.05) is 34.6 Å². The number of aromatic nitrogens is 2. The Morgan fingerprint density at radius 2 is 1.96 bits per heavy atom. The maximum Gasteiger partial charge on any atom is 0.318 e. The lowest BCUT2D eigenvalue weighted by Gasteiger charge is -2.33. The number of carbonyl (C=O) groups is 1. The van der Waals surface area contributed by atoms with Crippen LogP contribution in [-0.4, -0.2) is 45.4 Å². The van der Waals surface area contributed by atoms with Crippen molar-refractivity contribution in [1.29, 1.82) is 0 Å². The number of nitrogens with one attached hydrogen (secondary N) is 1. The highest BCUT2D eigenvalue weighted by molar-refractivity contribution is 5.74. The van der Waals surface area contributed by atoms with Gasteiger partial charge >= 0.3 is 6.03 Å². The van der Waals surface area contributed by atoms with Gasteiger partial charge in [0.1, 0.15) is 6.04 Å². The molecule has 1 saturated heterocycles. The van der Waals surface area contributed by atoms with E-state index in [1.165, 1.54) is 0 Å². The molecule has 2 amide bonds. The van der Waals surface area contributed by atoms with E-state index in [9.17, 15) is 9.90 Å². The Morgan fingerprint density at radius 3 is 2.43 bits per heavy atom. The Hall–Kier alpha value is -1.63. The molecule has 1 aliphatic heterocycles. The first-order valence-electron chi connectivity index (χ1n) is 8.26. The predicted octanol–water partition coefficient (Wildman–Crippen LogP) is 2.23. The molecule has 0 aromatic carbocycles. The first kappa shape index (κ1) is 17.7. The van der Waals surface area contributed by atoms with Gasteiger partial charge in [-0.05, 0) is 32.6 Å². The summed E-state index contributed by atoms with van der Waals surface area (Å²) in [6.45, 7) is 11.0. The summed E-state index contributed by atoms with van der Waals surface area (Å²) in [4.78, 5) is 18.5. The van der Waals surface area contributed by atoms with Crippen LogP contribution in [0.2, 0.25) is 0 Å². The Morgan fingerprint density at radius 1 is 1.35 bits per heavy atom. The van der Waals surface area contributed by atoms with Crippen LogP contribution in [0.3, 0.4) is 0 Å². The normalized spacial score (nSPS) is 19.5. The molecular formula is C16H28N4O3. The fourth-order valence-corrected chi connectivity index (χ4v) is 2.64. The fourth-order valence-electron chi connectivity index (χ4n) is 2.64. The monoisotopic (exact) mass is 324 g/mol. The van der Waals surface area contributed by atoms with Crippen molar-refractivity contribution >= 4 is 6.03 Å². The third-order valence-corrected chi connectivity index (χ3v) is 4.33. The van der Waals surface area contributed by atoms with Crippen LogP contribution in [0.5, 0.6) is 0 Å². The fraction of sp³-hybridized carbons (Fsp3) is 0.812. The van der Waals surface area contributed by atoms with Gasteiger partial charge in [-0.2, -0.15) is 4.98 Å². The van der Waals surface area contributed by atoms with E-state index in [0.717, 1.165) is 12.8 Å². The molecule has 7 heteroatoms. The topological polar surface area (TPSA) is 91.5 Å². The third kappa shape index (κ3) is 4.43. The minimum atomic E-state index is -0.333. The van der Waals surface area contributed by atoms with E-state index in [-0.39, 0.29) is 29.5 Å². The number of aliphatic hydroxyl groups is 1. The van der Waals surface area contributed by atoms with E-state index in [2.05, 4.69) is 15.5 Å². The molecule has 1 aliphatic rings. The zero-order valence-electron chi connectivity index (χ0n) is 14.7. The molecule has 23 heavy (non-hydrogen) atoms. The number of amides is 2. The van der Waals surface area contributed by atoms with Crippen molar-refractivity contribution < 1.29 is 14.4 Å². The molecule has 2 heterocycles. The second-order valence-corrected chi connectivity index (χ2v) is 7.44. The molecule has 2 atom stereocenters. The van der Waals surface area contributed by atoms with Crippen LogP contribution < -0.4 is 5.32 Å². The summed E-state index contributed by atoms with van der Waals surface area (Å²) >= 11 is 0. The molecular weight excluding hydrogens is 296 g/mol. The van der Waals surface area contributed by atoms with Crippen LogP contribution >= 0.6 is 0 Å². The molecule has 0 bridgehead atoms. The lowest BCUT2D eigenvalue weighted by Crippen LogP contribution is -2.46. The number of urea groups is 1. The van der Waals surface area contributed by atoms with Crippen molar-refractivity contribution in [1.82, 2.24) is 20.4 Å². The van der Waals surface area contributed by atoms with E-state index in [1.54, 1.807) is 4.90 Å². The van der Waals surface area contributed by atoms with Gasteiger partial charge in [-0.15, -0.1) is 0 Å². The highest BCUT2D eigenvalue weighted by Gasteiger charge is 2.28. The molecule has 2 rings (SSSR count). The van der Waals surface area contributed by atoms with E-state index in [4.69, 9.17) is 4.52 Å². The summed E-state index contributed by atoms with van der Waals surface area (Å²) in [7, 11) is 0. The second kappa shape index (κ2) is 6.86. The van der Waals surface area contributed by atoms with Crippen LogP contribution in [0.15, 0.2) is 4.52 Å². The van der Waals surface area contributed by atoms with Crippen molar-refractivity contribution in [3.8, 4) is 0 Å². The van der Waals surface area contributed by atoms with Crippen molar-refractivity contribution in [2.24, 2.45) is 5.92 Å². The van der Waals surface area contributed by atoms with Crippen LogP contribution in [-0.2, 0) is 5.41 Å². The molecule has 0 spiro atoms. The van der Waals surface area contributed by atoms with Gasteiger partial charge in [0.2, 0.25) is 5.89 Å². The molecule has 2 N–H and O–H groups in total. The lowest BCUT2D eigenvalue weighted by atomic mass is 9.92. The van der Waals surface area contributed by atoms with Crippen LogP contribution in [0.25, 0.3) is 0 Å². The summed E-state index contributed by atoms with van der Waals surface area (Å²) < 4.78 is 5.26. The van der Waals surface area contributed by atoms with Crippen molar-refractivity contribution in [3.63, 3.8) is 0 Å². The molecule has 1 fully saturated rings. The molecule has 0 saturated carbocycles. The standard InChI is InChI=1S/C16H28N4O3/c1-10(13-18-14(19-23-13)16(3,4)5)17-15(22)20-8-6-12(7-9-20)11(2)21/h10-12,21H,6-9H2,1-5H3,(H,17,22).